The van der Waals surface area contributed by atoms with Crippen molar-refractivity contribution in [3.05, 3.63) is 95.1 Å². The van der Waals surface area contributed by atoms with Crippen molar-refractivity contribution < 1.29 is 13.5 Å². The topological polar surface area (TPSA) is 15.7 Å². The first-order valence-electron chi connectivity index (χ1n) is 12.1. The van der Waals surface area contributed by atoms with Gasteiger partial charge < -0.3 is 9.64 Å². The molecule has 34 heavy (non-hydrogen) atoms. The van der Waals surface area contributed by atoms with E-state index in [4.69, 9.17) is 4.74 Å². The summed E-state index contributed by atoms with van der Waals surface area (Å²) in [5.74, 6) is 0.868. The van der Waals surface area contributed by atoms with Crippen molar-refractivity contribution in [2.24, 2.45) is 0 Å². The zero-order valence-electron chi connectivity index (χ0n) is 20.3. The molecule has 0 spiro atoms. The van der Waals surface area contributed by atoms with Gasteiger partial charge in [0.05, 0.1) is 0 Å². The smallest absolute Gasteiger partial charge is 0.125 e. The van der Waals surface area contributed by atoms with E-state index in [1.807, 2.05) is 30.3 Å². The van der Waals surface area contributed by atoms with Crippen molar-refractivity contribution in [2.75, 3.05) is 37.6 Å². The van der Waals surface area contributed by atoms with Crippen LogP contribution in [0, 0.1) is 18.6 Å². The zero-order chi connectivity index (χ0) is 24.1. The number of aryl methyl sites for hydroxylation is 1. The first kappa shape index (κ1) is 24.2. The molecule has 0 unspecified atom stereocenters. The van der Waals surface area contributed by atoms with E-state index in [1.165, 1.54) is 35.4 Å². The maximum Gasteiger partial charge on any atom is 0.125 e. The van der Waals surface area contributed by atoms with Crippen LogP contribution in [0.4, 0.5) is 14.5 Å². The molecule has 1 atom stereocenters. The van der Waals surface area contributed by atoms with Crippen LogP contribution < -0.4 is 9.64 Å². The lowest BCUT2D eigenvalue weighted by atomic mass is 9.98. The highest BCUT2D eigenvalue weighted by Crippen LogP contribution is 2.29. The molecule has 180 valence electrons. The molecule has 0 amide bonds. The molecule has 0 aromatic heterocycles. The summed E-state index contributed by atoms with van der Waals surface area (Å²) in [6, 6.07) is 19.7. The van der Waals surface area contributed by atoms with E-state index in [9.17, 15) is 8.78 Å². The standard InChI is InChI=1S/C29H34F2N2O/c1-21(2)28-13-12-27(20-22(28)3)34-29(23-4-6-24(30)7-5-23)14-15-32-16-18-33(19-17-32)26-10-8-25(31)9-11-26/h4-13,20-21,29H,14-19H2,1-3H3/t29-/m1/s1. The minimum Gasteiger partial charge on any atom is -0.486 e. The lowest BCUT2D eigenvalue weighted by Gasteiger charge is -2.36. The average molecular weight is 465 g/mol. The number of piperazine rings is 1. The SMILES string of the molecule is Cc1cc(O[C@H](CCN2CCN(c3ccc(F)cc3)CC2)c2ccc(F)cc2)ccc1C(C)C. The highest BCUT2D eigenvalue weighted by molar-refractivity contribution is 5.46. The predicted octanol–water partition coefficient (Wildman–Crippen LogP) is 6.73. The van der Waals surface area contributed by atoms with Crippen LogP contribution in [0.3, 0.4) is 0 Å². The van der Waals surface area contributed by atoms with E-state index in [0.717, 1.165) is 56.1 Å². The molecule has 0 bridgehead atoms. The van der Waals surface area contributed by atoms with E-state index >= 15 is 0 Å². The van der Waals surface area contributed by atoms with Crippen molar-refractivity contribution in [3.8, 4) is 5.75 Å². The molecule has 5 heteroatoms. The normalized spacial score (nSPS) is 15.5. The first-order chi connectivity index (χ1) is 16.4. The Labute approximate surface area is 202 Å². The van der Waals surface area contributed by atoms with Crippen LogP contribution in [0.2, 0.25) is 0 Å². The van der Waals surface area contributed by atoms with Gasteiger partial charge in [0, 0.05) is 44.8 Å². The Kier molecular flexibility index (Phi) is 7.84. The van der Waals surface area contributed by atoms with Crippen molar-refractivity contribution in [1.82, 2.24) is 4.90 Å². The Bertz CT molecular complexity index is 1060. The Morgan fingerprint density at radius 2 is 1.44 bits per heavy atom. The molecular formula is C29H34F2N2O. The number of ether oxygens (including phenoxy) is 1. The van der Waals surface area contributed by atoms with Gasteiger partial charge in [0.25, 0.3) is 0 Å². The van der Waals surface area contributed by atoms with Crippen LogP contribution in [0.25, 0.3) is 0 Å². The lowest BCUT2D eigenvalue weighted by Crippen LogP contribution is -2.46. The summed E-state index contributed by atoms with van der Waals surface area (Å²) < 4.78 is 33.2. The molecule has 1 fully saturated rings. The first-order valence-corrected chi connectivity index (χ1v) is 12.1. The van der Waals surface area contributed by atoms with Gasteiger partial charge in [-0.2, -0.15) is 0 Å². The predicted molar refractivity (Wildman–Crippen MR) is 135 cm³/mol. The zero-order valence-corrected chi connectivity index (χ0v) is 20.3. The molecular weight excluding hydrogens is 430 g/mol. The lowest BCUT2D eigenvalue weighted by molar-refractivity contribution is 0.160. The molecule has 0 N–H and O–H groups in total. The molecule has 3 nitrogen and oxygen atoms in total. The molecule has 4 rings (SSSR count). The Balaban J connectivity index is 1.40. The highest BCUT2D eigenvalue weighted by atomic mass is 19.1. The van der Waals surface area contributed by atoms with Crippen LogP contribution in [0.5, 0.6) is 5.75 Å². The Morgan fingerprint density at radius 3 is 2.03 bits per heavy atom. The van der Waals surface area contributed by atoms with Crippen LogP contribution in [0.1, 0.15) is 49.0 Å². The molecule has 1 aliphatic rings. The Hall–Kier alpha value is -2.92. The number of anilines is 1. The maximum absolute atomic E-state index is 13.6. The fourth-order valence-electron chi connectivity index (χ4n) is 4.69. The second kappa shape index (κ2) is 11.0. The van der Waals surface area contributed by atoms with Crippen molar-refractivity contribution in [1.29, 1.82) is 0 Å². The third-order valence-corrected chi connectivity index (χ3v) is 6.65. The highest BCUT2D eigenvalue weighted by Gasteiger charge is 2.21. The quantitative estimate of drug-likeness (QED) is 0.368. The number of benzene rings is 3. The van der Waals surface area contributed by atoms with E-state index in [0.29, 0.717) is 5.92 Å². The third kappa shape index (κ3) is 6.15. The van der Waals surface area contributed by atoms with Gasteiger partial charge in [0.15, 0.2) is 0 Å². The van der Waals surface area contributed by atoms with Crippen LogP contribution >= 0.6 is 0 Å². The summed E-state index contributed by atoms with van der Waals surface area (Å²) in [5.41, 5.74) is 4.60. The van der Waals surface area contributed by atoms with Gasteiger partial charge in [-0.25, -0.2) is 8.78 Å². The summed E-state index contributed by atoms with van der Waals surface area (Å²) in [4.78, 5) is 4.73. The molecule has 1 heterocycles. The number of hydrogen-bond donors (Lipinski definition) is 0. The molecule has 0 radical (unpaired) electrons. The maximum atomic E-state index is 13.6. The molecule has 1 saturated heterocycles. The number of nitrogens with zero attached hydrogens (tertiary/aromatic N) is 2. The number of rotatable bonds is 8. The van der Waals surface area contributed by atoms with Gasteiger partial charge in [-0.05, 0) is 78.1 Å². The molecule has 3 aromatic carbocycles. The summed E-state index contributed by atoms with van der Waals surface area (Å²) >= 11 is 0. The van der Waals surface area contributed by atoms with Gasteiger partial charge in [0.1, 0.15) is 23.5 Å². The van der Waals surface area contributed by atoms with Gasteiger partial charge in [-0.1, -0.05) is 32.0 Å². The summed E-state index contributed by atoms with van der Waals surface area (Å²) in [5, 5.41) is 0. The molecule has 0 saturated carbocycles. The number of hydrogen-bond acceptors (Lipinski definition) is 3. The third-order valence-electron chi connectivity index (χ3n) is 6.65. The fraction of sp³-hybridized carbons (Fsp3) is 0.379. The molecule has 1 aliphatic heterocycles. The van der Waals surface area contributed by atoms with E-state index < -0.39 is 0 Å². The van der Waals surface area contributed by atoms with Crippen LogP contribution in [0.15, 0.2) is 66.7 Å². The monoisotopic (exact) mass is 464 g/mol. The minimum absolute atomic E-state index is 0.153. The van der Waals surface area contributed by atoms with Gasteiger partial charge in [-0.3, -0.25) is 4.90 Å². The van der Waals surface area contributed by atoms with Gasteiger partial charge in [0.2, 0.25) is 0 Å². The molecule has 0 aliphatic carbocycles. The van der Waals surface area contributed by atoms with Crippen molar-refractivity contribution >= 4 is 5.69 Å². The van der Waals surface area contributed by atoms with E-state index in [1.54, 1.807) is 0 Å². The summed E-state index contributed by atoms with van der Waals surface area (Å²) in [6.07, 6.45) is 0.660. The van der Waals surface area contributed by atoms with Crippen LogP contribution in [-0.4, -0.2) is 37.6 Å². The van der Waals surface area contributed by atoms with Gasteiger partial charge in [-0.15, -0.1) is 0 Å². The van der Waals surface area contributed by atoms with Crippen molar-refractivity contribution in [3.63, 3.8) is 0 Å². The largest absolute Gasteiger partial charge is 0.486 e. The second-order valence-corrected chi connectivity index (χ2v) is 9.42. The Morgan fingerprint density at radius 1 is 0.824 bits per heavy atom. The van der Waals surface area contributed by atoms with Crippen LogP contribution in [-0.2, 0) is 0 Å². The number of halogens is 2. The second-order valence-electron chi connectivity index (χ2n) is 9.42. The van der Waals surface area contributed by atoms with E-state index in [-0.39, 0.29) is 17.7 Å². The summed E-state index contributed by atoms with van der Waals surface area (Å²) in [6.45, 7) is 11.1. The van der Waals surface area contributed by atoms with Gasteiger partial charge >= 0.3 is 0 Å². The van der Waals surface area contributed by atoms with E-state index in [2.05, 4.69) is 42.7 Å². The minimum atomic E-state index is -0.239. The average Bonchev–Trinajstić information content (AvgIpc) is 2.83. The molecule has 3 aromatic rings. The summed E-state index contributed by atoms with van der Waals surface area (Å²) in [7, 11) is 0. The van der Waals surface area contributed by atoms with Crippen molar-refractivity contribution in [2.45, 2.75) is 39.2 Å². The fourth-order valence-corrected chi connectivity index (χ4v) is 4.69.